The lowest BCUT2D eigenvalue weighted by Crippen LogP contribution is -2.46. The first-order valence-corrected chi connectivity index (χ1v) is 7.69. The first-order chi connectivity index (χ1) is 9.58. The van der Waals surface area contributed by atoms with Gasteiger partial charge in [-0.1, -0.05) is 13.8 Å². The molecule has 21 heavy (non-hydrogen) atoms. The Morgan fingerprint density at radius 2 is 1.76 bits per heavy atom. The Bertz CT molecular complexity index is 457. The summed E-state index contributed by atoms with van der Waals surface area (Å²) in [6.45, 7) is 10.7. The van der Waals surface area contributed by atoms with Crippen LogP contribution in [-0.2, 0) is 13.6 Å². The Morgan fingerprint density at radius 1 is 1.19 bits per heavy atom. The van der Waals surface area contributed by atoms with Gasteiger partial charge >= 0.3 is 0 Å². The average molecular weight is 295 g/mol. The third-order valence-electron chi connectivity index (χ3n) is 4.18. The van der Waals surface area contributed by atoms with Crippen molar-refractivity contribution in [1.82, 2.24) is 20.0 Å². The summed E-state index contributed by atoms with van der Waals surface area (Å²) in [5, 5.41) is 8.31. The molecule has 1 heterocycles. The highest BCUT2D eigenvalue weighted by atomic mass is 15.4. The summed E-state index contributed by atoms with van der Waals surface area (Å²) >= 11 is 0. The van der Waals surface area contributed by atoms with Crippen molar-refractivity contribution in [3.05, 3.63) is 11.3 Å². The van der Waals surface area contributed by atoms with Crippen molar-refractivity contribution in [2.45, 2.75) is 45.7 Å². The molecule has 0 bridgehead atoms. The third-order valence-corrected chi connectivity index (χ3v) is 4.18. The van der Waals surface area contributed by atoms with Crippen LogP contribution in [0.4, 0.5) is 5.82 Å². The molecule has 0 fully saturated rings. The largest absolute Gasteiger partial charge is 0.363 e. The molecular weight excluding hydrogens is 262 g/mol. The molecule has 0 unspecified atom stereocenters. The summed E-state index contributed by atoms with van der Waals surface area (Å²) in [7, 11) is 10.4. The van der Waals surface area contributed by atoms with E-state index in [1.807, 2.05) is 11.7 Å². The second-order valence-electron chi connectivity index (χ2n) is 7.17. The topological polar surface area (TPSA) is 36.3 Å². The maximum atomic E-state index is 4.71. The molecule has 1 aromatic heterocycles. The van der Waals surface area contributed by atoms with E-state index in [9.17, 15) is 0 Å². The van der Waals surface area contributed by atoms with Crippen molar-refractivity contribution >= 4 is 5.82 Å². The fourth-order valence-electron chi connectivity index (χ4n) is 2.42. The van der Waals surface area contributed by atoms with E-state index >= 15 is 0 Å². The van der Waals surface area contributed by atoms with Gasteiger partial charge in [-0.05, 0) is 33.9 Å². The first-order valence-electron chi connectivity index (χ1n) is 7.69. The van der Waals surface area contributed by atoms with E-state index < -0.39 is 0 Å². The zero-order valence-electron chi connectivity index (χ0n) is 15.3. The minimum absolute atomic E-state index is 0.137. The molecule has 0 radical (unpaired) electrons. The van der Waals surface area contributed by atoms with Gasteiger partial charge in [0.2, 0.25) is 0 Å². The number of hydrogen-bond acceptors (Lipinski definition) is 4. The van der Waals surface area contributed by atoms with Crippen LogP contribution in [0.3, 0.4) is 0 Å². The fourth-order valence-corrected chi connectivity index (χ4v) is 2.42. The molecule has 0 aliphatic carbocycles. The summed E-state index contributed by atoms with van der Waals surface area (Å²) in [6.07, 6.45) is 0. The molecular formula is C16H33N5. The van der Waals surface area contributed by atoms with Crippen LogP contribution in [0.15, 0.2) is 0 Å². The highest BCUT2D eigenvalue weighted by Gasteiger charge is 2.22. The van der Waals surface area contributed by atoms with Gasteiger partial charge in [-0.25, -0.2) is 0 Å². The zero-order valence-corrected chi connectivity index (χ0v) is 15.3. The van der Waals surface area contributed by atoms with Crippen molar-refractivity contribution < 1.29 is 0 Å². The van der Waals surface area contributed by atoms with Gasteiger partial charge in [0.1, 0.15) is 5.82 Å². The second-order valence-corrected chi connectivity index (χ2v) is 7.17. The Balaban J connectivity index is 2.92. The number of nitrogens with zero attached hydrogens (tertiary/aromatic N) is 4. The van der Waals surface area contributed by atoms with Gasteiger partial charge < -0.3 is 15.1 Å². The summed E-state index contributed by atoms with van der Waals surface area (Å²) in [5.74, 6) is 1.62. The number of anilines is 1. The van der Waals surface area contributed by atoms with Gasteiger partial charge in [0.05, 0.1) is 5.69 Å². The lowest BCUT2D eigenvalue weighted by Gasteiger charge is -2.33. The van der Waals surface area contributed by atoms with Crippen molar-refractivity contribution in [2.24, 2.45) is 7.05 Å². The van der Waals surface area contributed by atoms with Crippen LogP contribution < -0.4 is 10.2 Å². The molecule has 122 valence electrons. The van der Waals surface area contributed by atoms with Crippen LogP contribution >= 0.6 is 0 Å². The molecule has 0 saturated carbocycles. The fraction of sp³-hybridized carbons (Fsp3) is 0.812. The average Bonchev–Trinajstić information content (AvgIpc) is 2.66. The van der Waals surface area contributed by atoms with Gasteiger partial charge in [-0.2, -0.15) is 5.10 Å². The summed E-state index contributed by atoms with van der Waals surface area (Å²) in [4.78, 5) is 4.40. The smallest absolute Gasteiger partial charge is 0.130 e. The van der Waals surface area contributed by atoms with Gasteiger partial charge in [0.15, 0.2) is 0 Å². The van der Waals surface area contributed by atoms with E-state index in [-0.39, 0.29) is 5.54 Å². The predicted molar refractivity (Wildman–Crippen MR) is 91.1 cm³/mol. The highest BCUT2D eigenvalue weighted by Crippen LogP contribution is 2.27. The van der Waals surface area contributed by atoms with Crippen LogP contribution in [0.25, 0.3) is 0 Å². The van der Waals surface area contributed by atoms with Crippen LogP contribution in [0, 0.1) is 0 Å². The molecule has 5 heteroatoms. The van der Waals surface area contributed by atoms with Crippen LogP contribution in [0.1, 0.15) is 44.9 Å². The Kier molecular flexibility index (Phi) is 5.82. The molecule has 0 aliphatic heterocycles. The van der Waals surface area contributed by atoms with E-state index in [0.29, 0.717) is 5.92 Å². The van der Waals surface area contributed by atoms with Crippen LogP contribution in [0.2, 0.25) is 0 Å². The molecule has 0 saturated heterocycles. The summed E-state index contributed by atoms with van der Waals surface area (Å²) in [5.41, 5.74) is 2.64. The molecule has 0 aliphatic rings. The van der Waals surface area contributed by atoms with E-state index in [1.54, 1.807) is 0 Å². The zero-order chi connectivity index (χ0) is 16.4. The van der Waals surface area contributed by atoms with Crippen LogP contribution in [-0.4, -0.2) is 55.0 Å². The third kappa shape index (κ3) is 4.20. The van der Waals surface area contributed by atoms with Crippen molar-refractivity contribution in [3.8, 4) is 0 Å². The number of likely N-dealkylation sites (N-methyl/N-ethyl adjacent to an activating group) is 1. The monoisotopic (exact) mass is 295 g/mol. The number of aryl methyl sites for hydroxylation is 1. The predicted octanol–water partition coefficient (Wildman–Crippen LogP) is 2.04. The highest BCUT2D eigenvalue weighted by molar-refractivity contribution is 5.50. The van der Waals surface area contributed by atoms with Gasteiger partial charge in [0, 0.05) is 45.3 Å². The number of hydrogen-bond donors (Lipinski definition) is 1. The molecule has 1 rings (SSSR count). The first kappa shape index (κ1) is 18.0. The lowest BCUT2D eigenvalue weighted by molar-refractivity contribution is 0.189. The van der Waals surface area contributed by atoms with E-state index in [0.717, 1.165) is 13.1 Å². The second kappa shape index (κ2) is 6.79. The van der Waals surface area contributed by atoms with Crippen molar-refractivity contribution in [1.29, 1.82) is 0 Å². The Labute approximate surface area is 130 Å². The molecule has 1 aromatic rings. The minimum atomic E-state index is 0.137. The van der Waals surface area contributed by atoms with Gasteiger partial charge in [-0.3, -0.25) is 4.68 Å². The normalized spacial score (nSPS) is 12.5. The molecule has 0 atom stereocenters. The molecule has 5 nitrogen and oxygen atoms in total. The Hall–Kier alpha value is -1.07. The number of nitrogens with one attached hydrogen (secondary N) is 1. The molecule has 0 aromatic carbocycles. The minimum Gasteiger partial charge on any atom is -0.363 e. The summed E-state index contributed by atoms with van der Waals surface area (Å²) in [6, 6.07) is 0. The van der Waals surface area contributed by atoms with Gasteiger partial charge in [0.25, 0.3) is 0 Å². The Morgan fingerprint density at radius 3 is 2.19 bits per heavy atom. The van der Waals surface area contributed by atoms with Crippen molar-refractivity contribution in [3.63, 3.8) is 0 Å². The molecule has 1 N–H and O–H groups in total. The number of rotatable bonds is 7. The van der Waals surface area contributed by atoms with E-state index in [1.165, 1.54) is 17.1 Å². The van der Waals surface area contributed by atoms with E-state index in [2.05, 4.69) is 71.0 Å². The quantitative estimate of drug-likeness (QED) is 0.835. The standard InChI is InChI=1S/C16H33N5/c1-12(2)14-13(15(19(5)6)21(9)18-14)10-17-11-16(3,4)20(7)8/h12,17H,10-11H2,1-9H3. The maximum Gasteiger partial charge on any atom is 0.130 e. The van der Waals surface area contributed by atoms with Crippen molar-refractivity contribution in [2.75, 3.05) is 39.6 Å². The SMILES string of the molecule is CC(C)c1nn(C)c(N(C)C)c1CNCC(C)(C)N(C)C. The maximum absolute atomic E-state index is 4.71. The van der Waals surface area contributed by atoms with Gasteiger partial charge in [-0.15, -0.1) is 0 Å². The molecule has 0 spiro atoms. The summed E-state index contributed by atoms with van der Waals surface area (Å²) < 4.78 is 1.99. The number of aromatic nitrogens is 2. The molecule has 0 amide bonds. The van der Waals surface area contributed by atoms with E-state index in [4.69, 9.17) is 5.10 Å². The van der Waals surface area contributed by atoms with Crippen LogP contribution in [0.5, 0.6) is 0 Å². The lowest BCUT2D eigenvalue weighted by atomic mass is 10.0.